The lowest BCUT2D eigenvalue weighted by Gasteiger charge is -2.28. The van der Waals surface area contributed by atoms with Crippen LogP contribution in [-0.2, 0) is 6.54 Å². The van der Waals surface area contributed by atoms with Crippen molar-refractivity contribution in [1.82, 2.24) is 14.9 Å². The maximum absolute atomic E-state index is 4.37. The van der Waals surface area contributed by atoms with Crippen molar-refractivity contribution >= 4 is 24.8 Å². The highest BCUT2D eigenvalue weighted by atomic mass is 35.5. The summed E-state index contributed by atoms with van der Waals surface area (Å²) in [4.78, 5) is 4.37. The molecule has 0 aromatic carbocycles. The molecule has 3 nitrogen and oxygen atoms in total. The van der Waals surface area contributed by atoms with Gasteiger partial charge in [0.05, 0.1) is 0 Å². The second-order valence-electron chi connectivity index (χ2n) is 4.12. The standard InChI is InChI=1S/C10H17N3.2ClH/c1-8(2)10-12-3-4-13(10)7-9-5-11-6-9;;/h3-4,8-9,11H,5-7H2,1-2H3;2*1H. The Balaban J connectivity index is 0.000000980. The van der Waals surface area contributed by atoms with Crippen molar-refractivity contribution in [2.75, 3.05) is 13.1 Å². The fourth-order valence-corrected chi connectivity index (χ4v) is 1.73. The Morgan fingerprint density at radius 2 is 2.13 bits per heavy atom. The van der Waals surface area contributed by atoms with Crippen molar-refractivity contribution in [3.63, 3.8) is 0 Å². The van der Waals surface area contributed by atoms with E-state index in [1.165, 1.54) is 5.82 Å². The summed E-state index contributed by atoms with van der Waals surface area (Å²) in [5.41, 5.74) is 0. The monoisotopic (exact) mass is 251 g/mol. The Morgan fingerprint density at radius 1 is 1.47 bits per heavy atom. The van der Waals surface area contributed by atoms with Crippen molar-refractivity contribution in [3.8, 4) is 0 Å². The Bertz CT molecular complexity index is 282. The zero-order chi connectivity index (χ0) is 9.26. The van der Waals surface area contributed by atoms with E-state index < -0.39 is 0 Å². The Kier molecular flexibility index (Phi) is 6.25. The minimum atomic E-state index is 0. The van der Waals surface area contributed by atoms with Gasteiger partial charge in [-0.15, -0.1) is 24.8 Å². The molecule has 1 aliphatic heterocycles. The predicted octanol–water partition coefficient (Wildman–Crippen LogP) is 2.07. The number of hydrogen-bond donors (Lipinski definition) is 1. The van der Waals surface area contributed by atoms with Crippen LogP contribution in [0.25, 0.3) is 0 Å². The molecule has 2 heterocycles. The Labute approximate surface area is 103 Å². The van der Waals surface area contributed by atoms with E-state index in [-0.39, 0.29) is 24.8 Å². The van der Waals surface area contributed by atoms with Gasteiger partial charge in [0.1, 0.15) is 5.82 Å². The van der Waals surface area contributed by atoms with E-state index in [1.54, 1.807) is 0 Å². The van der Waals surface area contributed by atoms with Gasteiger partial charge >= 0.3 is 0 Å². The summed E-state index contributed by atoms with van der Waals surface area (Å²) in [5.74, 6) is 2.56. The third kappa shape index (κ3) is 3.37. The SMILES string of the molecule is CC(C)c1nccn1CC1CNC1.Cl.Cl. The normalized spacial score (nSPS) is 15.4. The second kappa shape index (κ2) is 6.36. The van der Waals surface area contributed by atoms with Gasteiger partial charge in [-0.2, -0.15) is 0 Å². The number of nitrogens with zero attached hydrogens (tertiary/aromatic N) is 2. The highest BCUT2D eigenvalue weighted by Crippen LogP contribution is 2.15. The third-order valence-corrected chi connectivity index (χ3v) is 2.59. The van der Waals surface area contributed by atoms with Gasteiger partial charge < -0.3 is 9.88 Å². The molecule has 1 aromatic heterocycles. The van der Waals surface area contributed by atoms with Gasteiger partial charge in [-0.3, -0.25) is 0 Å². The minimum absolute atomic E-state index is 0. The lowest BCUT2D eigenvalue weighted by atomic mass is 10.0. The molecule has 88 valence electrons. The van der Waals surface area contributed by atoms with Crippen molar-refractivity contribution in [2.24, 2.45) is 5.92 Å². The first-order chi connectivity index (χ1) is 6.27. The summed E-state index contributed by atoms with van der Waals surface area (Å²) >= 11 is 0. The van der Waals surface area contributed by atoms with Gasteiger partial charge in [0.25, 0.3) is 0 Å². The maximum atomic E-state index is 4.37. The minimum Gasteiger partial charge on any atom is -0.334 e. The van der Waals surface area contributed by atoms with E-state index in [0.717, 1.165) is 25.6 Å². The first kappa shape index (κ1) is 14.8. The largest absolute Gasteiger partial charge is 0.334 e. The molecule has 0 unspecified atom stereocenters. The molecule has 1 saturated heterocycles. The van der Waals surface area contributed by atoms with Crippen LogP contribution in [0.1, 0.15) is 25.6 Å². The van der Waals surface area contributed by atoms with Crippen LogP contribution in [-0.4, -0.2) is 22.6 Å². The fourth-order valence-electron chi connectivity index (χ4n) is 1.73. The first-order valence-corrected chi connectivity index (χ1v) is 4.99. The van der Waals surface area contributed by atoms with E-state index in [9.17, 15) is 0 Å². The average molecular weight is 252 g/mol. The molecule has 2 rings (SSSR count). The zero-order valence-electron chi connectivity index (χ0n) is 9.14. The Hall–Kier alpha value is -0.250. The molecule has 0 spiro atoms. The summed E-state index contributed by atoms with van der Waals surface area (Å²) in [7, 11) is 0. The van der Waals surface area contributed by atoms with Crippen molar-refractivity contribution in [1.29, 1.82) is 0 Å². The summed E-state index contributed by atoms with van der Waals surface area (Å²) in [6, 6.07) is 0. The topological polar surface area (TPSA) is 29.9 Å². The van der Waals surface area contributed by atoms with Crippen LogP contribution in [0.15, 0.2) is 12.4 Å². The van der Waals surface area contributed by atoms with E-state index in [2.05, 4.69) is 34.9 Å². The van der Waals surface area contributed by atoms with Crippen molar-refractivity contribution < 1.29 is 0 Å². The molecule has 0 bridgehead atoms. The van der Waals surface area contributed by atoms with Gasteiger partial charge in [-0.05, 0) is 0 Å². The van der Waals surface area contributed by atoms with Gasteiger partial charge in [-0.25, -0.2) is 4.98 Å². The Morgan fingerprint density at radius 3 is 2.60 bits per heavy atom. The third-order valence-electron chi connectivity index (χ3n) is 2.59. The van der Waals surface area contributed by atoms with Crippen LogP contribution in [0.3, 0.4) is 0 Å². The van der Waals surface area contributed by atoms with Crippen LogP contribution < -0.4 is 5.32 Å². The van der Waals surface area contributed by atoms with Gasteiger partial charge in [-0.1, -0.05) is 13.8 Å². The van der Waals surface area contributed by atoms with Crippen LogP contribution in [0.2, 0.25) is 0 Å². The van der Waals surface area contributed by atoms with E-state index in [1.807, 2.05) is 6.20 Å². The molecule has 15 heavy (non-hydrogen) atoms. The molecule has 0 atom stereocenters. The summed E-state index contributed by atoms with van der Waals surface area (Å²) in [5, 5.41) is 3.29. The smallest absolute Gasteiger partial charge is 0.111 e. The van der Waals surface area contributed by atoms with E-state index in [4.69, 9.17) is 0 Å². The van der Waals surface area contributed by atoms with E-state index >= 15 is 0 Å². The van der Waals surface area contributed by atoms with Crippen LogP contribution in [0.5, 0.6) is 0 Å². The lowest BCUT2D eigenvalue weighted by molar-refractivity contribution is 0.302. The molecule has 1 fully saturated rings. The van der Waals surface area contributed by atoms with E-state index in [0.29, 0.717) is 5.92 Å². The molecular formula is C10H19Cl2N3. The molecule has 1 aromatic rings. The molecule has 1 N–H and O–H groups in total. The second-order valence-corrected chi connectivity index (χ2v) is 4.12. The number of rotatable bonds is 3. The number of hydrogen-bond acceptors (Lipinski definition) is 2. The number of halogens is 2. The highest BCUT2D eigenvalue weighted by molar-refractivity contribution is 5.85. The summed E-state index contributed by atoms with van der Waals surface area (Å²) in [6.45, 7) is 7.83. The molecule has 5 heteroatoms. The molecule has 0 aliphatic carbocycles. The fraction of sp³-hybridized carbons (Fsp3) is 0.700. The summed E-state index contributed by atoms with van der Waals surface area (Å²) < 4.78 is 2.29. The molecule has 0 saturated carbocycles. The first-order valence-electron chi connectivity index (χ1n) is 4.99. The lowest BCUT2D eigenvalue weighted by Crippen LogP contribution is -2.44. The van der Waals surface area contributed by atoms with Gasteiger partial charge in [0, 0.05) is 43.9 Å². The number of aromatic nitrogens is 2. The van der Waals surface area contributed by atoms with Crippen LogP contribution >= 0.6 is 24.8 Å². The van der Waals surface area contributed by atoms with Gasteiger partial charge in [0.15, 0.2) is 0 Å². The highest BCUT2D eigenvalue weighted by Gasteiger charge is 2.18. The van der Waals surface area contributed by atoms with Crippen molar-refractivity contribution in [2.45, 2.75) is 26.3 Å². The predicted molar refractivity (Wildman–Crippen MR) is 67.2 cm³/mol. The summed E-state index contributed by atoms with van der Waals surface area (Å²) in [6.07, 6.45) is 4.00. The molecule has 0 amide bonds. The van der Waals surface area contributed by atoms with Gasteiger partial charge in [0.2, 0.25) is 0 Å². The number of nitrogens with one attached hydrogen (secondary N) is 1. The van der Waals surface area contributed by atoms with Crippen molar-refractivity contribution in [3.05, 3.63) is 18.2 Å². The number of imidazole rings is 1. The zero-order valence-corrected chi connectivity index (χ0v) is 10.8. The quantitative estimate of drug-likeness (QED) is 0.892. The molecule has 0 radical (unpaired) electrons. The molecular weight excluding hydrogens is 233 g/mol. The average Bonchev–Trinajstić information content (AvgIpc) is 2.44. The maximum Gasteiger partial charge on any atom is 0.111 e. The van der Waals surface area contributed by atoms with Crippen LogP contribution in [0.4, 0.5) is 0 Å². The molecule has 1 aliphatic rings. The van der Waals surface area contributed by atoms with Crippen LogP contribution in [0, 0.1) is 5.92 Å².